The molecule has 0 spiro atoms. The van der Waals surface area contributed by atoms with Crippen molar-refractivity contribution >= 4 is 8.32 Å². The highest BCUT2D eigenvalue weighted by atomic mass is 28.4. The molecule has 0 aromatic rings. The lowest BCUT2D eigenvalue weighted by Gasteiger charge is -2.49. The highest BCUT2D eigenvalue weighted by molar-refractivity contribution is 6.69. The Kier molecular flexibility index (Phi) is 7.08. The van der Waals surface area contributed by atoms with E-state index in [2.05, 4.69) is 26.6 Å². The molecule has 2 unspecified atom stereocenters. The summed E-state index contributed by atoms with van der Waals surface area (Å²) >= 11 is 0. The summed E-state index contributed by atoms with van der Waals surface area (Å²) in [6.07, 6.45) is 25.1. The normalized spacial score (nSPS) is 30.3. The Hall–Kier alpha value is -0.863. The second-order valence-corrected chi connectivity index (χ2v) is 18.9. The number of hydrogen-bond acceptors (Lipinski definition) is 1. The third-order valence-electron chi connectivity index (χ3n) is 11.1. The molecule has 0 aromatic carbocycles. The predicted octanol–water partition coefficient (Wildman–Crippen LogP) is 10.4. The zero-order valence-corrected chi connectivity index (χ0v) is 25.0. The molecule has 0 aromatic heterocycles. The Balaban J connectivity index is 1.33. The summed E-state index contributed by atoms with van der Waals surface area (Å²) in [6, 6.07) is 0. The molecule has 0 saturated heterocycles. The summed E-state index contributed by atoms with van der Waals surface area (Å²) in [5.74, 6) is 1.60. The average molecular weight is 505 g/mol. The van der Waals surface area contributed by atoms with E-state index in [9.17, 15) is 0 Å². The molecule has 0 radical (unpaired) electrons. The van der Waals surface area contributed by atoms with Crippen LogP contribution in [-0.4, -0.2) is 14.9 Å². The average Bonchev–Trinajstić information content (AvgIpc) is 3.44. The first-order valence-electron chi connectivity index (χ1n) is 15.9. The standard InChI is InChI=1S/C34H52OSi/c1-34(20-11-21-35-36(2,3)4,32-18-9-16-28-26-14-7-5-12-24(26)22-30(28)32)33-19-10-17-29-27-15-8-6-13-25(27)23-31(29)33/h32-33H,5-23H2,1-4H3. The maximum absolute atomic E-state index is 6.43. The molecule has 0 N–H and O–H groups in total. The summed E-state index contributed by atoms with van der Waals surface area (Å²) in [5.41, 5.74) is 15.5. The lowest BCUT2D eigenvalue weighted by atomic mass is 9.55. The van der Waals surface area contributed by atoms with E-state index in [-0.39, 0.29) is 0 Å². The van der Waals surface area contributed by atoms with Crippen LogP contribution in [0.2, 0.25) is 19.6 Å². The molecule has 0 fully saturated rings. The van der Waals surface area contributed by atoms with Gasteiger partial charge in [-0.15, -0.1) is 0 Å². The van der Waals surface area contributed by atoms with E-state index < -0.39 is 8.32 Å². The minimum absolute atomic E-state index is 0.397. The van der Waals surface area contributed by atoms with E-state index >= 15 is 0 Å². The van der Waals surface area contributed by atoms with Crippen LogP contribution in [0.5, 0.6) is 0 Å². The second kappa shape index (κ2) is 10.0. The summed E-state index contributed by atoms with van der Waals surface area (Å²) in [5, 5.41) is 0. The Morgan fingerprint density at radius 1 is 0.667 bits per heavy atom. The van der Waals surface area contributed by atoms with Crippen molar-refractivity contribution in [2.75, 3.05) is 6.61 Å². The first kappa shape index (κ1) is 25.4. The van der Waals surface area contributed by atoms with Crippen molar-refractivity contribution in [2.45, 2.75) is 142 Å². The van der Waals surface area contributed by atoms with Crippen molar-refractivity contribution in [2.24, 2.45) is 17.3 Å². The molecule has 6 aliphatic rings. The van der Waals surface area contributed by atoms with Crippen molar-refractivity contribution in [3.8, 4) is 0 Å². The van der Waals surface area contributed by atoms with Crippen LogP contribution in [0.3, 0.4) is 0 Å². The van der Waals surface area contributed by atoms with Crippen molar-refractivity contribution in [3.05, 3.63) is 44.6 Å². The van der Waals surface area contributed by atoms with E-state index in [0.29, 0.717) is 5.41 Å². The Bertz CT molecular complexity index is 944. The Morgan fingerprint density at radius 2 is 1.14 bits per heavy atom. The largest absolute Gasteiger partial charge is 0.418 e. The fourth-order valence-corrected chi connectivity index (χ4v) is 10.4. The number of fused-ring (bicyclic) bond motifs is 2. The van der Waals surface area contributed by atoms with Crippen LogP contribution >= 0.6 is 0 Å². The molecule has 0 heterocycles. The number of allylic oxidation sites excluding steroid dienone is 8. The van der Waals surface area contributed by atoms with Crippen molar-refractivity contribution in [1.29, 1.82) is 0 Å². The van der Waals surface area contributed by atoms with E-state index in [0.717, 1.165) is 18.4 Å². The Labute approximate surface area is 223 Å². The van der Waals surface area contributed by atoms with Gasteiger partial charge in [0, 0.05) is 6.61 Å². The van der Waals surface area contributed by atoms with Crippen LogP contribution in [-0.2, 0) is 4.43 Å². The molecule has 36 heavy (non-hydrogen) atoms. The molecule has 0 amide bonds. The lowest BCUT2D eigenvalue weighted by molar-refractivity contribution is 0.0861. The predicted molar refractivity (Wildman–Crippen MR) is 156 cm³/mol. The third-order valence-corrected chi connectivity index (χ3v) is 12.2. The van der Waals surface area contributed by atoms with Gasteiger partial charge in [-0.2, -0.15) is 0 Å². The van der Waals surface area contributed by atoms with Gasteiger partial charge in [-0.1, -0.05) is 29.2 Å². The van der Waals surface area contributed by atoms with Gasteiger partial charge in [-0.3, -0.25) is 0 Å². The van der Waals surface area contributed by atoms with Gasteiger partial charge in [-0.25, -0.2) is 0 Å². The third kappa shape index (κ3) is 4.61. The van der Waals surface area contributed by atoms with Gasteiger partial charge >= 0.3 is 0 Å². The quantitative estimate of drug-likeness (QED) is 0.247. The van der Waals surface area contributed by atoms with Crippen LogP contribution in [0.1, 0.15) is 122 Å². The SMILES string of the molecule is CC(CCCO[Si](C)(C)C)(C1CCCC2=C1CC1=C2CCCC1)C1CCCC2=C1CC1=C2CCCC1. The summed E-state index contributed by atoms with van der Waals surface area (Å²) in [7, 11) is -1.45. The smallest absolute Gasteiger partial charge is 0.183 e. The van der Waals surface area contributed by atoms with Crippen LogP contribution in [0.15, 0.2) is 44.6 Å². The maximum Gasteiger partial charge on any atom is 0.183 e. The molecule has 1 nitrogen and oxygen atoms in total. The van der Waals surface area contributed by atoms with Gasteiger partial charge in [0.1, 0.15) is 0 Å². The van der Waals surface area contributed by atoms with Gasteiger partial charge in [0.2, 0.25) is 0 Å². The van der Waals surface area contributed by atoms with Crippen molar-refractivity contribution in [3.63, 3.8) is 0 Å². The molecule has 0 saturated carbocycles. The molecular weight excluding hydrogens is 452 g/mol. The van der Waals surface area contributed by atoms with Crippen molar-refractivity contribution in [1.82, 2.24) is 0 Å². The van der Waals surface area contributed by atoms with Gasteiger partial charge in [0.15, 0.2) is 8.32 Å². The minimum Gasteiger partial charge on any atom is -0.418 e. The van der Waals surface area contributed by atoms with Crippen LogP contribution in [0, 0.1) is 17.3 Å². The summed E-state index contributed by atoms with van der Waals surface area (Å²) < 4.78 is 6.43. The van der Waals surface area contributed by atoms with Gasteiger partial charge in [0.05, 0.1) is 0 Å². The molecule has 0 aliphatic heterocycles. The molecule has 6 aliphatic carbocycles. The zero-order valence-electron chi connectivity index (χ0n) is 24.0. The second-order valence-electron chi connectivity index (χ2n) is 14.4. The zero-order chi connectivity index (χ0) is 24.9. The molecular formula is C34H52OSi. The monoisotopic (exact) mass is 504 g/mol. The van der Waals surface area contributed by atoms with Crippen LogP contribution in [0.4, 0.5) is 0 Å². The summed E-state index contributed by atoms with van der Waals surface area (Å²) in [4.78, 5) is 0. The van der Waals surface area contributed by atoms with E-state index in [1.807, 2.05) is 44.6 Å². The number of rotatable bonds is 7. The molecule has 198 valence electrons. The lowest BCUT2D eigenvalue weighted by Crippen LogP contribution is -2.40. The fourth-order valence-electron chi connectivity index (χ4n) is 9.60. The van der Waals surface area contributed by atoms with E-state index in [4.69, 9.17) is 4.43 Å². The molecule has 2 heteroatoms. The summed E-state index contributed by atoms with van der Waals surface area (Å²) in [6.45, 7) is 10.8. The Morgan fingerprint density at radius 3 is 1.64 bits per heavy atom. The molecule has 6 rings (SSSR count). The topological polar surface area (TPSA) is 9.23 Å². The highest BCUT2D eigenvalue weighted by Gasteiger charge is 2.49. The number of hydrogen-bond donors (Lipinski definition) is 0. The van der Waals surface area contributed by atoms with Crippen molar-refractivity contribution < 1.29 is 4.43 Å². The molecule has 0 bridgehead atoms. The fraction of sp³-hybridized carbons (Fsp3) is 0.765. The van der Waals surface area contributed by atoms with E-state index in [1.165, 1.54) is 116 Å². The maximum atomic E-state index is 6.43. The highest BCUT2D eigenvalue weighted by Crippen LogP contribution is 2.61. The van der Waals surface area contributed by atoms with Crippen LogP contribution < -0.4 is 0 Å². The van der Waals surface area contributed by atoms with Gasteiger partial charge < -0.3 is 4.43 Å². The van der Waals surface area contributed by atoms with Gasteiger partial charge in [-0.05, 0) is 175 Å². The minimum atomic E-state index is -1.45. The first-order valence-corrected chi connectivity index (χ1v) is 19.3. The van der Waals surface area contributed by atoms with Crippen LogP contribution in [0.25, 0.3) is 0 Å². The van der Waals surface area contributed by atoms with E-state index in [1.54, 1.807) is 0 Å². The van der Waals surface area contributed by atoms with Gasteiger partial charge in [0.25, 0.3) is 0 Å². The molecule has 2 atom stereocenters. The first-order chi connectivity index (χ1) is 17.4.